The summed E-state index contributed by atoms with van der Waals surface area (Å²) in [4.78, 5) is 17.3. The summed E-state index contributed by atoms with van der Waals surface area (Å²) >= 11 is 1.72. The van der Waals surface area contributed by atoms with Crippen LogP contribution in [0.15, 0.2) is 60.7 Å². The SMILES string of the molecule is Cc1ccc(CN(CCc2ccccc2)C(=O)Nc2ccc3c(c2)OCO3)s1. The summed E-state index contributed by atoms with van der Waals surface area (Å²) in [6, 6.07) is 19.7. The summed E-state index contributed by atoms with van der Waals surface area (Å²) in [7, 11) is 0. The molecule has 0 spiro atoms. The fourth-order valence-corrected chi connectivity index (χ4v) is 4.00. The largest absolute Gasteiger partial charge is 0.454 e. The smallest absolute Gasteiger partial charge is 0.322 e. The third kappa shape index (κ3) is 4.46. The van der Waals surface area contributed by atoms with E-state index in [9.17, 15) is 4.79 Å². The summed E-state index contributed by atoms with van der Waals surface area (Å²) in [5, 5.41) is 2.99. The first-order valence-electron chi connectivity index (χ1n) is 9.22. The van der Waals surface area contributed by atoms with Crippen LogP contribution in [0.3, 0.4) is 0 Å². The molecule has 0 atom stereocenters. The Morgan fingerprint density at radius 2 is 1.89 bits per heavy atom. The molecular weight excluding hydrogens is 372 g/mol. The number of carbonyl (C=O) groups excluding carboxylic acids is 1. The Kier molecular flexibility index (Phi) is 5.48. The molecule has 0 saturated heterocycles. The van der Waals surface area contributed by atoms with Crippen LogP contribution in [0.5, 0.6) is 11.5 Å². The number of rotatable bonds is 6. The van der Waals surface area contributed by atoms with Crippen molar-refractivity contribution in [3.63, 3.8) is 0 Å². The van der Waals surface area contributed by atoms with Gasteiger partial charge in [0.05, 0.1) is 6.54 Å². The Morgan fingerprint density at radius 3 is 2.68 bits per heavy atom. The van der Waals surface area contributed by atoms with E-state index in [-0.39, 0.29) is 12.8 Å². The molecular formula is C22H22N2O3S. The summed E-state index contributed by atoms with van der Waals surface area (Å²) < 4.78 is 10.7. The van der Waals surface area contributed by atoms with Crippen LogP contribution in [0.4, 0.5) is 10.5 Å². The van der Waals surface area contributed by atoms with Crippen LogP contribution in [0, 0.1) is 6.92 Å². The first-order valence-corrected chi connectivity index (χ1v) is 10.0. The molecule has 144 valence electrons. The van der Waals surface area contributed by atoms with Gasteiger partial charge in [-0.05, 0) is 43.2 Å². The number of aryl methyl sites for hydroxylation is 1. The highest BCUT2D eigenvalue weighted by Gasteiger charge is 2.18. The second-order valence-corrected chi connectivity index (χ2v) is 8.04. The monoisotopic (exact) mass is 394 g/mol. The molecule has 6 heteroatoms. The van der Waals surface area contributed by atoms with Gasteiger partial charge in [0.2, 0.25) is 6.79 Å². The average Bonchev–Trinajstić information content (AvgIpc) is 3.34. The minimum absolute atomic E-state index is 0.124. The maximum absolute atomic E-state index is 13.0. The Labute approximate surface area is 168 Å². The lowest BCUT2D eigenvalue weighted by molar-refractivity contribution is 0.174. The van der Waals surface area contributed by atoms with Crippen LogP contribution in [-0.2, 0) is 13.0 Å². The van der Waals surface area contributed by atoms with E-state index in [1.165, 1.54) is 15.3 Å². The van der Waals surface area contributed by atoms with Crippen molar-refractivity contribution in [3.05, 3.63) is 76.0 Å². The molecule has 2 aromatic carbocycles. The van der Waals surface area contributed by atoms with Crippen molar-refractivity contribution >= 4 is 23.1 Å². The highest BCUT2D eigenvalue weighted by atomic mass is 32.1. The zero-order valence-electron chi connectivity index (χ0n) is 15.7. The average molecular weight is 394 g/mol. The number of thiophene rings is 1. The van der Waals surface area contributed by atoms with Gasteiger partial charge in [-0.15, -0.1) is 11.3 Å². The third-order valence-corrected chi connectivity index (χ3v) is 5.55. The lowest BCUT2D eigenvalue weighted by atomic mass is 10.1. The van der Waals surface area contributed by atoms with E-state index in [1.54, 1.807) is 17.4 Å². The molecule has 0 radical (unpaired) electrons. The number of carbonyl (C=O) groups is 1. The second kappa shape index (κ2) is 8.35. The van der Waals surface area contributed by atoms with E-state index < -0.39 is 0 Å². The van der Waals surface area contributed by atoms with Gasteiger partial charge in [0, 0.05) is 28.1 Å². The normalized spacial score (nSPS) is 12.0. The minimum Gasteiger partial charge on any atom is -0.454 e. The predicted octanol–water partition coefficient (Wildman–Crippen LogP) is 5.06. The molecule has 1 N–H and O–H groups in total. The molecule has 28 heavy (non-hydrogen) atoms. The fraction of sp³-hybridized carbons (Fsp3) is 0.227. The fourth-order valence-electron chi connectivity index (χ4n) is 3.10. The van der Waals surface area contributed by atoms with E-state index in [2.05, 4.69) is 36.5 Å². The molecule has 0 fully saturated rings. The van der Waals surface area contributed by atoms with Crippen LogP contribution in [0.1, 0.15) is 15.3 Å². The van der Waals surface area contributed by atoms with Gasteiger partial charge in [0.25, 0.3) is 0 Å². The number of fused-ring (bicyclic) bond motifs is 1. The maximum atomic E-state index is 13.0. The molecule has 1 aliphatic heterocycles. The van der Waals surface area contributed by atoms with Gasteiger partial charge in [-0.25, -0.2) is 4.79 Å². The van der Waals surface area contributed by atoms with Crippen molar-refractivity contribution in [3.8, 4) is 11.5 Å². The van der Waals surface area contributed by atoms with Crippen LogP contribution >= 0.6 is 11.3 Å². The molecule has 0 bridgehead atoms. The Bertz CT molecular complexity index is 955. The van der Waals surface area contributed by atoms with Gasteiger partial charge in [-0.2, -0.15) is 0 Å². The molecule has 0 saturated carbocycles. The first kappa shape index (κ1) is 18.4. The lowest BCUT2D eigenvalue weighted by Gasteiger charge is -2.23. The summed E-state index contributed by atoms with van der Waals surface area (Å²) in [5.41, 5.74) is 1.91. The summed E-state index contributed by atoms with van der Waals surface area (Å²) in [6.07, 6.45) is 0.805. The van der Waals surface area contributed by atoms with Gasteiger partial charge in [0.1, 0.15) is 0 Å². The number of urea groups is 1. The summed E-state index contributed by atoms with van der Waals surface area (Å²) in [6.45, 7) is 3.52. The Morgan fingerprint density at radius 1 is 1.07 bits per heavy atom. The molecule has 1 aliphatic rings. The zero-order chi connectivity index (χ0) is 19.3. The van der Waals surface area contributed by atoms with Gasteiger partial charge in [-0.1, -0.05) is 30.3 Å². The highest BCUT2D eigenvalue weighted by Crippen LogP contribution is 2.34. The number of ether oxygens (including phenoxy) is 2. The number of anilines is 1. The van der Waals surface area contributed by atoms with E-state index in [4.69, 9.17) is 9.47 Å². The van der Waals surface area contributed by atoms with Crippen LogP contribution < -0.4 is 14.8 Å². The predicted molar refractivity (Wildman–Crippen MR) is 111 cm³/mol. The molecule has 4 rings (SSSR count). The molecule has 0 unspecified atom stereocenters. The van der Waals surface area contributed by atoms with E-state index >= 15 is 0 Å². The van der Waals surface area contributed by atoms with E-state index in [0.717, 1.165) is 6.42 Å². The standard InChI is InChI=1S/C22H22N2O3S/c1-16-7-9-19(28-16)14-24(12-11-17-5-3-2-4-6-17)22(25)23-18-8-10-20-21(13-18)27-15-26-20/h2-10,13H,11-12,14-15H2,1H3,(H,23,25). The van der Waals surface area contributed by atoms with Gasteiger partial charge >= 0.3 is 6.03 Å². The quantitative estimate of drug-likeness (QED) is 0.636. The lowest BCUT2D eigenvalue weighted by Crippen LogP contribution is -2.35. The third-order valence-electron chi connectivity index (χ3n) is 4.57. The molecule has 3 aromatic rings. The van der Waals surface area contributed by atoms with Crippen molar-refractivity contribution in [1.29, 1.82) is 0 Å². The first-order chi connectivity index (χ1) is 13.7. The van der Waals surface area contributed by atoms with Crippen molar-refractivity contribution < 1.29 is 14.3 Å². The Hall–Kier alpha value is -2.99. The van der Waals surface area contributed by atoms with Gasteiger partial charge in [-0.3, -0.25) is 0 Å². The van der Waals surface area contributed by atoms with Gasteiger partial charge in [0.15, 0.2) is 11.5 Å². The zero-order valence-corrected chi connectivity index (χ0v) is 16.5. The second-order valence-electron chi connectivity index (χ2n) is 6.67. The number of nitrogens with one attached hydrogen (secondary N) is 1. The summed E-state index contributed by atoms with van der Waals surface area (Å²) in [5.74, 6) is 1.36. The van der Waals surface area contributed by atoms with Crippen molar-refractivity contribution in [2.45, 2.75) is 19.9 Å². The van der Waals surface area contributed by atoms with Crippen molar-refractivity contribution in [2.75, 3.05) is 18.7 Å². The van der Waals surface area contributed by atoms with Crippen LogP contribution in [-0.4, -0.2) is 24.3 Å². The molecule has 0 aliphatic carbocycles. The molecule has 2 heterocycles. The maximum Gasteiger partial charge on any atom is 0.322 e. The van der Waals surface area contributed by atoms with E-state index in [1.807, 2.05) is 35.2 Å². The minimum atomic E-state index is -0.124. The number of amides is 2. The highest BCUT2D eigenvalue weighted by molar-refractivity contribution is 7.11. The topological polar surface area (TPSA) is 50.8 Å². The number of benzene rings is 2. The Balaban J connectivity index is 1.47. The molecule has 1 aromatic heterocycles. The van der Waals surface area contributed by atoms with E-state index in [0.29, 0.717) is 30.3 Å². The van der Waals surface area contributed by atoms with Crippen molar-refractivity contribution in [2.24, 2.45) is 0 Å². The number of hydrogen-bond donors (Lipinski definition) is 1. The van der Waals surface area contributed by atoms with Crippen LogP contribution in [0.2, 0.25) is 0 Å². The molecule has 5 nitrogen and oxygen atoms in total. The van der Waals surface area contributed by atoms with Crippen molar-refractivity contribution in [1.82, 2.24) is 4.90 Å². The number of hydrogen-bond acceptors (Lipinski definition) is 4. The molecule has 2 amide bonds. The van der Waals surface area contributed by atoms with Crippen LogP contribution in [0.25, 0.3) is 0 Å². The van der Waals surface area contributed by atoms with Gasteiger partial charge < -0.3 is 19.7 Å². The number of nitrogens with zero attached hydrogens (tertiary/aromatic N) is 1.